The number of fused-ring (bicyclic) bond motifs is 1. The van der Waals surface area contributed by atoms with Crippen molar-refractivity contribution in [1.29, 1.82) is 0 Å². The van der Waals surface area contributed by atoms with Crippen molar-refractivity contribution in [2.75, 3.05) is 5.32 Å². The van der Waals surface area contributed by atoms with Crippen molar-refractivity contribution in [2.45, 2.75) is 91.0 Å². The maximum atomic E-state index is 13.7. The number of anilines is 1. The molecule has 182 valence electrons. The minimum atomic E-state index is -0.461. The summed E-state index contributed by atoms with van der Waals surface area (Å²) >= 11 is 0. The van der Waals surface area contributed by atoms with E-state index in [-0.39, 0.29) is 16.9 Å². The number of esters is 1. The summed E-state index contributed by atoms with van der Waals surface area (Å²) in [6.07, 6.45) is 12.3. The predicted octanol–water partition coefficient (Wildman–Crippen LogP) is 5.57. The van der Waals surface area contributed by atoms with E-state index >= 15 is 0 Å². The van der Waals surface area contributed by atoms with E-state index in [4.69, 9.17) is 4.74 Å². The van der Waals surface area contributed by atoms with E-state index in [0.29, 0.717) is 18.2 Å². The molecule has 1 fully saturated rings. The Kier molecular flexibility index (Phi) is 7.86. The van der Waals surface area contributed by atoms with Crippen LogP contribution in [0, 0.1) is 12.8 Å². The molecule has 1 heterocycles. The summed E-state index contributed by atoms with van der Waals surface area (Å²) in [4.78, 5) is 38.7. The Labute approximate surface area is 201 Å². The SMILES string of the molecule is CC(=O)Oc1cccc(C)c1NC(=O)c1cc2c(n(CC3CCCCC3)c1=O)CCCCCC2. The van der Waals surface area contributed by atoms with Gasteiger partial charge in [-0.15, -0.1) is 0 Å². The molecular weight excluding hydrogens is 428 g/mol. The molecule has 6 heteroatoms. The second kappa shape index (κ2) is 11.0. The van der Waals surface area contributed by atoms with Gasteiger partial charge in [0.05, 0.1) is 5.69 Å². The van der Waals surface area contributed by atoms with Crippen LogP contribution in [0.25, 0.3) is 0 Å². The summed E-state index contributed by atoms with van der Waals surface area (Å²) in [5, 5.41) is 2.88. The standard InChI is InChI=1S/C28H36N2O4/c1-19-11-10-16-25(34-20(2)31)26(19)29-27(32)23-17-22-14-8-3-4-9-15-24(22)30(28(23)33)18-21-12-6-5-7-13-21/h10-11,16-17,21H,3-9,12-15,18H2,1-2H3,(H,29,32). The van der Waals surface area contributed by atoms with Gasteiger partial charge in [0, 0.05) is 19.2 Å². The summed E-state index contributed by atoms with van der Waals surface area (Å²) in [6.45, 7) is 3.86. The molecule has 0 aliphatic heterocycles. The van der Waals surface area contributed by atoms with E-state index in [2.05, 4.69) is 5.32 Å². The number of hydrogen-bond donors (Lipinski definition) is 1. The number of ether oxygens (including phenoxy) is 1. The minimum Gasteiger partial charge on any atom is -0.424 e. The number of benzene rings is 1. The van der Waals surface area contributed by atoms with Gasteiger partial charge in [-0.25, -0.2) is 0 Å². The van der Waals surface area contributed by atoms with Gasteiger partial charge in [0.2, 0.25) is 0 Å². The summed E-state index contributed by atoms with van der Waals surface area (Å²) < 4.78 is 7.23. The maximum absolute atomic E-state index is 13.7. The van der Waals surface area contributed by atoms with Gasteiger partial charge in [-0.2, -0.15) is 0 Å². The number of pyridine rings is 1. The Balaban J connectivity index is 1.72. The second-order valence-electron chi connectivity index (χ2n) is 9.86. The Morgan fingerprint density at radius 1 is 1.03 bits per heavy atom. The fourth-order valence-electron chi connectivity index (χ4n) is 5.44. The molecule has 34 heavy (non-hydrogen) atoms. The number of rotatable bonds is 5. The molecule has 0 radical (unpaired) electrons. The van der Waals surface area contributed by atoms with Crippen LogP contribution in [0.3, 0.4) is 0 Å². The van der Waals surface area contributed by atoms with Crippen molar-refractivity contribution in [3.8, 4) is 5.75 Å². The Bertz CT molecular complexity index is 1110. The van der Waals surface area contributed by atoms with Crippen molar-refractivity contribution in [3.05, 3.63) is 57.0 Å². The highest BCUT2D eigenvalue weighted by molar-refractivity contribution is 6.05. The summed E-state index contributed by atoms with van der Waals surface area (Å²) in [5.74, 6) is -0.132. The topological polar surface area (TPSA) is 77.4 Å². The van der Waals surface area contributed by atoms with Crippen LogP contribution in [0.15, 0.2) is 29.1 Å². The van der Waals surface area contributed by atoms with Crippen molar-refractivity contribution in [3.63, 3.8) is 0 Å². The number of carbonyl (C=O) groups is 2. The Morgan fingerprint density at radius 3 is 2.47 bits per heavy atom. The van der Waals surface area contributed by atoms with E-state index in [1.54, 1.807) is 12.1 Å². The van der Waals surface area contributed by atoms with E-state index in [1.807, 2.05) is 23.6 Å². The number of nitrogens with zero attached hydrogens (tertiary/aromatic N) is 1. The minimum absolute atomic E-state index is 0.173. The van der Waals surface area contributed by atoms with E-state index in [9.17, 15) is 14.4 Å². The van der Waals surface area contributed by atoms with Crippen molar-refractivity contribution < 1.29 is 14.3 Å². The molecule has 1 amide bonds. The number of hydrogen-bond acceptors (Lipinski definition) is 4. The molecule has 2 aliphatic carbocycles. The largest absolute Gasteiger partial charge is 0.424 e. The van der Waals surface area contributed by atoms with Crippen molar-refractivity contribution in [2.24, 2.45) is 5.92 Å². The van der Waals surface area contributed by atoms with Crippen LogP contribution in [0.4, 0.5) is 5.69 Å². The quantitative estimate of drug-likeness (QED) is 0.463. The van der Waals surface area contributed by atoms with E-state index in [0.717, 1.165) is 55.3 Å². The lowest BCUT2D eigenvalue weighted by molar-refractivity contribution is -0.131. The number of amides is 1. The van der Waals surface area contributed by atoms with Gasteiger partial charge < -0.3 is 14.6 Å². The zero-order valence-electron chi connectivity index (χ0n) is 20.5. The molecule has 2 aromatic rings. The lowest BCUT2D eigenvalue weighted by Gasteiger charge is -2.26. The first kappa shape index (κ1) is 24.2. The lowest BCUT2D eigenvalue weighted by atomic mass is 9.88. The van der Waals surface area contributed by atoms with Crippen molar-refractivity contribution >= 4 is 17.6 Å². The molecule has 0 bridgehead atoms. The predicted molar refractivity (Wildman–Crippen MR) is 134 cm³/mol. The van der Waals surface area contributed by atoms with Gasteiger partial charge in [0.15, 0.2) is 5.75 Å². The number of carbonyl (C=O) groups excluding carboxylic acids is 2. The first-order valence-electron chi connectivity index (χ1n) is 12.8. The van der Waals surface area contributed by atoms with Gasteiger partial charge in [0.1, 0.15) is 5.56 Å². The third kappa shape index (κ3) is 5.60. The molecule has 4 rings (SSSR count). The van der Waals surface area contributed by atoms with Crippen LogP contribution in [0.2, 0.25) is 0 Å². The number of nitrogens with one attached hydrogen (secondary N) is 1. The summed E-state index contributed by atoms with van der Waals surface area (Å²) in [5.41, 5.74) is 3.42. The highest BCUT2D eigenvalue weighted by Crippen LogP contribution is 2.30. The zero-order chi connectivity index (χ0) is 24.1. The number of para-hydroxylation sites is 1. The molecule has 2 aliphatic rings. The van der Waals surface area contributed by atoms with Crippen LogP contribution in [-0.4, -0.2) is 16.4 Å². The van der Waals surface area contributed by atoms with Crippen molar-refractivity contribution in [1.82, 2.24) is 4.57 Å². The zero-order valence-corrected chi connectivity index (χ0v) is 20.5. The monoisotopic (exact) mass is 464 g/mol. The highest BCUT2D eigenvalue weighted by Gasteiger charge is 2.24. The maximum Gasteiger partial charge on any atom is 0.308 e. The molecule has 0 saturated heterocycles. The molecule has 0 atom stereocenters. The first-order valence-corrected chi connectivity index (χ1v) is 12.8. The fourth-order valence-corrected chi connectivity index (χ4v) is 5.44. The second-order valence-corrected chi connectivity index (χ2v) is 9.86. The normalized spacial score (nSPS) is 16.8. The van der Waals surface area contributed by atoms with Crippen LogP contribution in [-0.2, 0) is 24.2 Å². The molecule has 0 unspecified atom stereocenters. The third-order valence-electron chi connectivity index (χ3n) is 7.24. The highest BCUT2D eigenvalue weighted by atomic mass is 16.5. The fraction of sp³-hybridized carbons (Fsp3) is 0.536. The van der Waals surface area contributed by atoms with E-state index in [1.165, 1.54) is 39.0 Å². The molecule has 1 saturated carbocycles. The van der Waals surface area contributed by atoms with Gasteiger partial charge in [-0.1, -0.05) is 44.2 Å². The van der Waals surface area contributed by atoms with Gasteiger partial charge in [-0.05, 0) is 74.6 Å². The average molecular weight is 465 g/mol. The average Bonchev–Trinajstić information content (AvgIpc) is 2.79. The molecule has 0 spiro atoms. The lowest BCUT2D eigenvalue weighted by Crippen LogP contribution is -2.35. The van der Waals surface area contributed by atoms with Crippen LogP contribution < -0.4 is 15.6 Å². The van der Waals surface area contributed by atoms with Gasteiger partial charge in [-0.3, -0.25) is 14.4 Å². The third-order valence-corrected chi connectivity index (χ3v) is 7.24. The molecule has 1 N–H and O–H groups in total. The molecule has 1 aromatic carbocycles. The molecule has 1 aromatic heterocycles. The Morgan fingerprint density at radius 2 is 1.74 bits per heavy atom. The van der Waals surface area contributed by atoms with Gasteiger partial charge in [0.25, 0.3) is 11.5 Å². The van der Waals surface area contributed by atoms with Crippen LogP contribution in [0.1, 0.15) is 91.9 Å². The van der Waals surface area contributed by atoms with Crippen LogP contribution in [0.5, 0.6) is 5.75 Å². The van der Waals surface area contributed by atoms with Gasteiger partial charge >= 0.3 is 5.97 Å². The van der Waals surface area contributed by atoms with Crippen LogP contribution >= 0.6 is 0 Å². The smallest absolute Gasteiger partial charge is 0.308 e. The first-order chi connectivity index (χ1) is 16.4. The molecular formula is C28H36N2O4. The number of aromatic nitrogens is 1. The van der Waals surface area contributed by atoms with E-state index < -0.39 is 11.9 Å². The summed E-state index contributed by atoms with van der Waals surface area (Å²) in [7, 11) is 0. The molecule has 6 nitrogen and oxygen atoms in total. The summed E-state index contributed by atoms with van der Waals surface area (Å²) in [6, 6.07) is 7.07. The Hall–Kier alpha value is -2.89. The number of aryl methyl sites for hydroxylation is 2.